The first-order valence-electron chi connectivity index (χ1n) is 10.1. The van der Waals surface area contributed by atoms with Crippen LogP contribution in [0.5, 0.6) is 5.75 Å². The Bertz CT molecular complexity index is 1190. The van der Waals surface area contributed by atoms with Gasteiger partial charge < -0.3 is 20.1 Å². The number of carboxylic acid groups (broad SMARTS) is 1. The van der Waals surface area contributed by atoms with Crippen molar-refractivity contribution in [3.63, 3.8) is 0 Å². The van der Waals surface area contributed by atoms with Gasteiger partial charge in [0.25, 0.3) is 0 Å². The molecule has 164 valence electrons. The number of hydrogen-bond acceptors (Lipinski definition) is 5. The quantitative estimate of drug-likeness (QED) is 0.449. The zero-order valence-corrected chi connectivity index (χ0v) is 19.0. The third-order valence-corrected chi connectivity index (χ3v) is 7.36. The SMILES string of the molecule is O=C(O)C[C@H]1[C@@H](O)[C@@]2(O)c3cnc(Cl)cc3O[C@@]2(c2ccc(Br)cc2)[C@@H]1c1ccccc1. The highest BCUT2D eigenvalue weighted by Crippen LogP contribution is 2.68. The monoisotopic (exact) mass is 515 g/mol. The van der Waals surface area contributed by atoms with Crippen molar-refractivity contribution >= 4 is 33.5 Å². The maximum absolute atomic E-state index is 12.3. The standard InChI is InChI=1S/C24H19BrClNO5/c25-15-8-6-14(7-9-15)24-21(13-4-2-1-3-5-13)16(10-20(28)29)22(30)23(24,31)17-12-27-19(26)11-18(17)32-24/h1-9,11-12,16,21-22,30-31H,10H2,(H,28,29)/t16-,21-,22-,23+,24+/m1/s1. The third kappa shape index (κ3) is 2.85. The van der Waals surface area contributed by atoms with Crippen molar-refractivity contribution in [1.82, 2.24) is 4.98 Å². The largest absolute Gasteiger partial charge is 0.481 e. The summed E-state index contributed by atoms with van der Waals surface area (Å²) in [5, 5.41) is 33.6. The fourth-order valence-electron chi connectivity index (χ4n) is 5.44. The van der Waals surface area contributed by atoms with Gasteiger partial charge in [-0.05, 0) is 23.3 Å². The Morgan fingerprint density at radius 1 is 1.16 bits per heavy atom. The normalized spacial score (nSPS) is 30.4. The molecule has 1 fully saturated rings. The van der Waals surface area contributed by atoms with Crippen molar-refractivity contribution in [2.75, 3.05) is 0 Å². The highest BCUT2D eigenvalue weighted by molar-refractivity contribution is 9.10. The van der Waals surface area contributed by atoms with E-state index in [1.54, 1.807) is 0 Å². The number of hydrogen-bond donors (Lipinski definition) is 3. The lowest BCUT2D eigenvalue weighted by Gasteiger charge is -2.40. The molecule has 0 amide bonds. The highest BCUT2D eigenvalue weighted by atomic mass is 79.9. The summed E-state index contributed by atoms with van der Waals surface area (Å²) < 4.78 is 7.37. The number of rotatable bonds is 4. The van der Waals surface area contributed by atoms with E-state index >= 15 is 0 Å². The van der Waals surface area contributed by atoms with Gasteiger partial charge in [0.05, 0.1) is 18.1 Å². The Labute approximate surface area is 197 Å². The minimum atomic E-state index is -1.95. The van der Waals surface area contributed by atoms with Crippen LogP contribution in [0.15, 0.2) is 71.3 Å². The van der Waals surface area contributed by atoms with Crippen LogP contribution < -0.4 is 4.74 Å². The van der Waals surface area contributed by atoms with Crippen molar-refractivity contribution in [1.29, 1.82) is 0 Å². The molecule has 0 radical (unpaired) electrons. The number of carbonyl (C=O) groups is 1. The molecule has 5 atom stereocenters. The Hall–Kier alpha value is -2.45. The van der Waals surface area contributed by atoms with Crippen molar-refractivity contribution in [2.45, 2.75) is 29.6 Å². The highest BCUT2D eigenvalue weighted by Gasteiger charge is 2.76. The van der Waals surface area contributed by atoms with Gasteiger partial charge in [0.2, 0.25) is 0 Å². The molecule has 6 nitrogen and oxygen atoms in total. The summed E-state index contributed by atoms with van der Waals surface area (Å²) >= 11 is 9.54. The van der Waals surface area contributed by atoms with Gasteiger partial charge in [0.15, 0.2) is 11.2 Å². The number of aliphatic hydroxyl groups excluding tert-OH is 1. The molecule has 8 heteroatoms. The summed E-state index contributed by atoms with van der Waals surface area (Å²) in [6.07, 6.45) is -0.384. The molecule has 2 aromatic carbocycles. The van der Waals surface area contributed by atoms with Gasteiger partial charge in [-0.3, -0.25) is 4.79 Å². The van der Waals surface area contributed by atoms with Crippen molar-refractivity contribution in [3.8, 4) is 5.75 Å². The number of benzene rings is 2. The van der Waals surface area contributed by atoms with Gasteiger partial charge in [-0.15, -0.1) is 0 Å². The Kier molecular flexibility index (Phi) is 5.05. The molecule has 1 aliphatic heterocycles. The first-order chi connectivity index (χ1) is 15.3. The predicted molar refractivity (Wildman–Crippen MR) is 121 cm³/mol. The zero-order valence-electron chi connectivity index (χ0n) is 16.7. The molecule has 2 aliphatic rings. The molecule has 2 heterocycles. The summed E-state index contributed by atoms with van der Waals surface area (Å²) in [7, 11) is 0. The summed E-state index contributed by atoms with van der Waals surface area (Å²) in [4.78, 5) is 15.9. The van der Waals surface area contributed by atoms with Gasteiger partial charge in [-0.2, -0.15) is 0 Å². The van der Waals surface area contributed by atoms with E-state index in [0.29, 0.717) is 11.3 Å². The third-order valence-electron chi connectivity index (χ3n) is 6.62. The number of carboxylic acids is 1. The van der Waals surface area contributed by atoms with Gasteiger partial charge in [-0.25, -0.2) is 4.98 Å². The topological polar surface area (TPSA) is 99.9 Å². The van der Waals surface area contributed by atoms with Gasteiger partial charge in [0, 0.05) is 28.6 Å². The average Bonchev–Trinajstić information content (AvgIpc) is 3.12. The first-order valence-corrected chi connectivity index (χ1v) is 11.2. The lowest BCUT2D eigenvalue weighted by Crippen LogP contribution is -2.52. The lowest BCUT2D eigenvalue weighted by molar-refractivity contribution is -0.153. The molecule has 3 aromatic rings. The van der Waals surface area contributed by atoms with Crippen molar-refractivity contribution in [3.05, 3.63) is 93.2 Å². The molecule has 5 rings (SSSR count). The second kappa shape index (κ2) is 7.56. The number of aliphatic carboxylic acids is 1. The molecule has 1 aromatic heterocycles. The second-order valence-corrected chi connectivity index (χ2v) is 9.51. The molecule has 1 aliphatic carbocycles. The molecular weight excluding hydrogens is 498 g/mol. The van der Waals surface area contributed by atoms with E-state index < -0.39 is 35.1 Å². The van der Waals surface area contributed by atoms with Crippen LogP contribution >= 0.6 is 27.5 Å². The number of nitrogens with zero attached hydrogens (tertiary/aromatic N) is 1. The number of aliphatic hydroxyl groups is 2. The van der Waals surface area contributed by atoms with Crippen LogP contribution in [0, 0.1) is 5.92 Å². The fraction of sp³-hybridized carbons (Fsp3) is 0.250. The summed E-state index contributed by atoms with van der Waals surface area (Å²) in [5.41, 5.74) is -1.80. The molecular formula is C24H19BrClNO5. The van der Waals surface area contributed by atoms with E-state index in [9.17, 15) is 20.1 Å². The van der Waals surface area contributed by atoms with E-state index in [1.165, 1.54) is 12.3 Å². The summed E-state index contributed by atoms with van der Waals surface area (Å²) in [5.74, 6) is -2.26. The Morgan fingerprint density at radius 2 is 1.84 bits per heavy atom. The summed E-state index contributed by atoms with van der Waals surface area (Å²) in [6, 6.07) is 18.0. The van der Waals surface area contributed by atoms with Crippen LogP contribution in [0.4, 0.5) is 0 Å². The number of fused-ring (bicyclic) bond motifs is 3. The number of ether oxygens (including phenoxy) is 1. The smallest absolute Gasteiger partial charge is 0.303 e. The molecule has 0 unspecified atom stereocenters. The van der Waals surface area contributed by atoms with Gasteiger partial charge in [0.1, 0.15) is 10.9 Å². The Morgan fingerprint density at radius 3 is 2.50 bits per heavy atom. The number of pyridine rings is 1. The minimum absolute atomic E-state index is 0.186. The molecule has 0 bridgehead atoms. The predicted octanol–water partition coefficient (Wildman–Crippen LogP) is 4.22. The van der Waals surface area contributed by atoms with E-state index in [2.05, 4.69) is 20.9 Å². The zero-order chi connectivity index (χ0) is 22.7. The lowest BCUT2D eigenvalue weighted by atomic mass is 9.71. The van der Waals surface area contributed by atoms with Gasteiger partial charge >= 0.3 is 5.97 Å². The maximum Gasteiger partial charge on any atom is 0.303 e. The van der Waals surface area contributed by atoms with Crippen molar-refractivity contribution < 1.29 is 24.9 Å². The number of aromatic nitrogens is 1. The molecule has 0 spiro atoms. The van der Waals surface area contributed by atoms with Gasteiger partial charge in [-0.1, -0.05) is 70.0 Å². The second-order valence-electron chi connectivity index (χ2n) is 8.21. The van der Waals surface area contributed by atoms with E-state index in [-0.39, 0.29) is 17.1 Å². The van der Waals surface area contributed by atoms with Crippen LogP contribution in [0.1, 0.15) is 29.0 Å². The van der Waals surface area contributed by atoms with E-state index in [4.69, 9.17) is 16.3 Å². The van der Waals surface area contributed by atoms with Crippen LogP contribution in [0.25, 0.3) is 0 Å². The molecule has 1 saturated carbocycles. The van der Waals surface area contributed by atoms with Crippen LogP contribution in [-0.2, 0) is 16.0 Å². The maximum atomic E-state index is 12.3. The minimum Gasteiger partial charge on any atom is -0.481 e. The fourth-order valence-corrected chi connectivity index (χ4v) is 5.85. The average molecular weight is 517 g/mol. The molecule has 0 saturated heterocycles. The van der Waals surface area contributed by atoms with E-state index in [0.717, 1.165) is 10.0 Å². The van der Waals surface area contributed by atoms with E-state index in [1.807, 2.05) is 54.6 Å². The van der Waals surface area contributed by atoms with Crippen molar-refractivity contribution in [2.24, 2.45) is 5.92 Å². The van der Waals surface area contributed by atoms with Crippen LogP contribution in [0.2, 0.25) is 5.15 Å². The first kappa shape index (κ1) is 21.4. The molecule has 3 N–H and O–H groups in total. The summed E-state index contributed by atoms with van der Waals surface area (Å²) in [6.45, 7) is 0. The van der Waals surface area contributed by atoms with Crippen LogP contribution in [-0.4, -0.2) is 32.4 Å². The Balaban J connectivity index is 1.84. The number of halogens is 2. The van der Waals surface area contributed by atoms with Crippen LogP contribution in [0.3, 0.4) is 0 Å². The molecule has 32 heavy (non-hydrogen) atoms.